The number of fused-ring (bicyclic) bond motifs is 1. The van der Waals surface area contributed by atoms with Crippen LogP contribution in [-0.2, 0) is 10.2 Å². The predicted molar refractivity (Wildman–Crippen MR) is 61.5 cm³/mol. The largest absolute Gasteiger partial charge is 0.281 e. The molecule has 1 aromatic rings. The topological polar surface area (TPSA) is 37.4 Å². The lowest BCUT2D eigenvalue weighted by Gasteiger charge is -2.38. The summed E-state index contributed by atoms with van der Waals surface area (Å²) in [4.78, 5) is 24.8. The second-order valence-electron chi connectivity index (χ2n) is 4.79. The van der Waals surface area contributed by atoms with E-state index >= 15 is 0 Å². The Morgan fingerprint density at radius 2 is 1.95 bits per heavy atom. The average Bonchev–Trinajstić information content (AvgIpc) is 2.33. The first-order valence-electron chi connectivity index (χ1n) is 5.68. The fourth-order valence-electron chi connectivity index (χ4n) is 2.42. The maximum atomic E-state index is 13.3. The van der Waals surface area contributed by atoms with E-state index in [9.17, 15) is 22.8 Å². The van der Waals surface area contributed by atoms with Gasteiger partial charge in [0.1, 0.15) is 5.82 Å². The lowest BCUT2D eigenvalue weighted by Crippen LogP contribution is -2.52. The van der Waals surface area contributed by atoms with E-state index in [1.807, 2.05) is 0 Å². The van der Waals surface area contributed by atoms with E-state index in [0.29, 0.717) is 0 Å². The Morgan fingerprint density at radius 3 is 2.53 bits per heavy atom. The number of carbonyl (C=O) groups excluding carboxylic acids is 2. The third kappa shape index (κ3) is 2.01. The van der Waals surface area contributed by atoms with Crippen LogP contribution in [0.4, 0.5) is 13.2 Å². The first-order chi connectivity index (χ1) is 8.77. The van der Waals surface area contributed by atoms with Crippen molar-refractivity contribution in [1.82, 2.24) is 4.90 Å². The normalized spacial score (nSPS) is 22.9. The Morgan fingerprint density at radius 1 is 1.32 bits per heavy atom. The minimum absolute atomic E-state index is 0.0286. The number of hydrogen-bond acceptors (Lipinski definition) is 2. The highest BCUT2D eigenvalue weighted by Crippen LogP contribution is 2.38. The molecule has 6 heteroatoms. The Labute approximate surface area is 108 Å². The number of hydrogen-bond donors (Lipinski definition) is 0. The smallest absolute Gasteiger partial charge is 0.260 e. The number of amides is 2. The van der Waals surface area contributed by atoms with Crippen molar-refractivity contribution < 1.29 is 22.8 Å². The van der Waals surface area contributed by atoms with E-state index in [0.717, 1.165) is 17.0 Å². The van der Waals surface area contributed by atoms with Crippen LogP contribution in [0.1, 0.15) is 29.3 Å². The van der Waals surface area contributed by atoms with Gasteiger partial charge in [-0.25, -0.2) is 13.2 Å². The minimum atomic E-state index is -2.73. The lowest BCUT2D eigenvalue weighted by molar-refractivity contribution is -0.135. The molecule has 1 aliphatic rings. The molecular weight excluding hydrogens is 259 g/mol. The maximum Gasteiger partial charge on any atom is 0.260 e. The van der Waals surface area contributed by atoms with Crippen molar-refractivity contribution in [2.45, 2.75) is 25.2 Å². The number of halogens is 3. The Balaban J connectivity index is 2.67. The summed E-state index contributed by atoms with van der Waals surface area (Å²) in [6.45, 7) is 1.31. The van der Waals surface area contributed by atoms with Crippen LogP contribution in [-0.4, -0.2) is 30.2 Å². The van der Waals surface area contributed by atoms with Crippen molar-refractivity contribution in [2.24, 2.45) is 0 Å². The van der Waals surface area contributed by atoms with Crippen molar-refractivity contribution >= 4 is 11.8 Å². The molecule has 2 rings (SSSR count). The zero-order valence-corrected chi connectivity index (χ0v) is 10.4. The minimum Gasteiger partial charge on any atom is -0.281 e. The average molecular weight is 271 g/mol. The SMILES string of the molecule is CN1C(=O)c2ccc(F)cc2C(C)(CC(F)F)C1=O. The molecule has 0 fully saturated rings. The van der Waals surface area contributed by atoms with Crippen LogP contribution in [0.25, 0.3) is 0 Å². The number of alkyl halides is 2. The van der Waals surface area contributed by atoms with Crippen molar-refractivity contribution in [2.75, 3.05) is 7.05 Å². The van der Waals surface area contributed by atoms with Gasteiger partial charge in [0.25, 0.3) is 5.91 Å². The molecule has 1 atom stereocenters. The van der Waals surface area contributed by atoms with E-state index in [1.165, 1.54) is 20.0 Å². The van der Waals surface area contributed by atoms with E-state index < -0.39 is 35.9 Å². The summed E-state index contributed by atoms with van der Waals surface area (Å²) in [6, 6.07) is 3.28. The molecule has 1 unspecified atom stereocenters. The van der Waals surface area contributed by atoms with Crippen molar-refractivity contribution in [1.29, 1.82) is 0 Å². The van der Waals surface area contributed by atoms with E-state index in [1.54, 1.807) is 0 Å². The molecule has 102 valence electrons. The van der Waals surface area contributed by atoms with Crippen LogP contribution in [0.2, 0.25) is 0 Å². The quantitative estimate of drug-likeness (QED) is 0.774. The standard InChI is InChI=1S/C13H12F3NO2/c1-13(6-10(15)16)9-5-7(14)3-4-8(9)11(18)17(2)12(13)19/h3-5,10H,6H2,1-2H3. The molecule has 1 aliphatic heterocycles. The van der Waals surface area contributed by atoms with Gasteiger partial charge in [0, 0.05) is 19.0 Å². The molecular formula is C13H12F3NO2. The van der Waals surface area contributed by atoms with Crippen molar-refractivity contribution in [3.05, 3.63) is 35.1 Å². The number of carbonyl (C=O) groups is 2. The van der Waals surface area contributed by atoms with Crippen LogP contribution in [0.15, 0.2) is 18.2 Å². The highest BCUT2D eigenvalue weighted by Gasteiger charge is 2.47. The highest BCUT2D eigenvalue weighted by molar-refractivity contribution is 6.12. The Kier molecular flexibility index (Phi) is 3.12. The molecule has 2 amide bonds. The van der Waals surface area contributed by atoms with Crippen molar-refractivity contribution in [3.8, 4) is 0 Å². The van der Waals surface area contributed by atoms with Crippen LogP contribution < -0.4 is 0 Å². The second kappa shape index (κ2) is 4.36. The summed E-state index contributed by atoms with van der Waals surface area (Å²) in [7, 11) is 1.24. The molecule has 0 bridgehead atoms. The molecule has 3 nitrogen and oxygen atoms in total. The molecule has 0 aliphatic carbocycles. The summed E-state index contributed by atoms with van der Waals surface area (Å²) in [5.41, 5.74) is -1.47. The molecule has 0 spiro atoms. The van der Waals surface area contributed by atoms with E-state index in [4.69, 9.17) is 0 Å². The fraction of sp³-hybridized carbons (Fsp3) is 0.385. The zero-order valence-electron chi connectivity index (χ0n) is 10.4. The first-order valence-corrected chi connectivity index (χ1v) is 5.68. The van der Waals surface area contributed by atoms with Crippen LogP contribution in [0.3, 0.4) is 0 Å². The Hall–Kier alpha value is -1.85. The van der Waals surface area contributed by atoms with Gasteiger partial charge in [-0.15, -0.1) is 0 Å². The summed E-state index contributed by atoms with van der Waals surface area (Å²) >= 11 is 0. The number of imide groups is 1. The predicted octanol–water partition coefficient (Wildman–Crippen LogP) is 2.35. The third-order valence-corrected chi connectivity index (χ3v) is 3.45. The van der Waals surface area contributed by atoms with Crippen LogP contribution in [0, 0.1) is 5.82 Å². The van der Waals surface area contributed by atoms with Gasteiger partial charge in [-0.2, -0.15) is 0 Å². The van der Waals surface area contributed by atoms with Gasteiger partial charge >= 0.3 is 0 Å². The third-order valence-electron chi connectivity index (χ3n) is 3.45. The molecule has 0 aromatic heterocycles. The molecule has 0 N–H and O–H groups in total. The van der Waals surface area contributed by atoms with E-state index in [-0.39, 0.29) is 11.1 Å². The summed E-state index contributed by atoms with van der Waals surface area (Å²) < 4.78 is 38.7. The number of nitrogens with zero attached hydrogens (tertiary/aromatic N) is 1. The Bertz CT molecular complexity index is 559. The van der Waals surface area contributed by atoms with Crippen molar-refractivity contribution in [3.63, 3.8) is 0 Å². The second-order valence-corrected chi connectivity index (χ2v) is 4.79. The number of benzene rings is 1. The molecule has 1 heterocycles. The maximum absolute atomic E-state index is 13.3. The molecule has 0 saturated heterocycles. The molecule has 0 saturated carbocycles. The van der Waals surface area contributed by atoms with Gasteiger partial charge in [-0.05, 0) is 30.7 Å². The molecule has 0 radical (unpaired) electrons. The van der Waals surface area contributed by atoms with Gasteiger partial charge in [0.05, 0.1) is 5.41 Å². The van der Waals surface area contributed by atoms with Gasteiger partial charge in [-0.1, -0.05) is 0 Å². The summed E-state index contributed by atoms with van der Waals surface area (Å²) in [5.74, 6) is -2.01. The lowest BCUT2D eigenvalue weighted by atomic mass is 9.73. The fourth-order valence-corrected chi connectivity index (χ4v) is 2.42. The monoisotopic (exact) mass is 271 g/mol. The summed E-state index contributed by atoms with van der Waals surface area (Å²) in [5, 5.41) is 0. The van der Waals surface area contributed by atoms with Gasteiger partial charge in [0.2, 0.25) is 12.3 Å². The first kappa shape index (κ1) is 13.6. The highest BCUT2D eigenvalue weighted by atomic mass is 19.3. The van der Waals surface area contributed by atoms with Gasteiger partial charge in [0.15, 0.2) is 0 Å². The van der Waals surface area contributed by atoms with Gasteiger partial charge < -0.3 is 0 Å². The zero-order chi connectivity index (χ0) is 14.4. The van der Waals surface area contributed by atoms with Crippen LogP contribution >= 0.6 is 0 Å². The van der Waals surface area contributed by atoms with Crippen LogP contribution in [0.5, 0.6) is 0 Å². The number of rotatable bonds is 2. The summed E-state index contributed by atoms with van der Waals surface area (Å²) in [6.07, 6.45) is -3.48. The van der Waals surface area contributed by atoms with Gasteiger partial charge in [-0.3, -0.25) is 14.5 Å². The number of likely N-dealkylation sites (N-methyl/N-ethyl adjacent to an activating group) is 1. The molecule has 1 aromatic carbocycles. The molecule has 19 heavy (non-hydrogen) atoms. The van der Waals surface area contributed by atoms with E-state index in [2.05, 4.69) is 0 Å².